The molecule has 1 saturated carbocycles. The van der Waals surface area contributed by atoms with Gasteiger partial charge in [0.25, 0.3) is 5.91 Å². The Labute approximate surface area is 154 Å². The largest absolute Gasteiger partial charge is 0.481 e. The van der Waals surface area contributed by atoms with Crippen LogP contribution in [0, 0.1) is 17.2 Å². The Hall–Kier alpha value is -1.99. The maximum atomic E-state index is 14.3. The van der Waals surface area contributed by atoms with Crippen molar-refractivity contribution in [2.75, 3.05) is 20.2 Å². The molecule has 2 aromatic rings. The van der Waals surface area contributed by atoms with Crippen LogP contribution >= 0.6 is 11.3 Å². The van der Waals surface area contributed by atoms with Gasteiger partial charge in [0.1, 0.15) is 5.82 Å². The van der Waals surface area contributed by atoms with E-state index in [1.807, 2.05) is 6.07 Å². The van der Waals surface area contributed by atoms with Gasteiger partial charge < -0.3 is 14.7 Å². The number of hydrogen-bond acceptors (Lipinski definition) is 4. The molecule has 1 aromatic heterocycles. The van der Waals surface area contributed by atoms with Crippen molar-refractivity contribution < 1.29 is 23.8 Å². The Morgan fingerprint density at radius 2 is 2.12 bits per heavy atom. The molecule has 138 valence electrons. The fourth-order valence-corrected chi connectivity index (χ4v) is 5.36. The minimum Gasteiger partial charge on any atom is -0.481 e. The van der Waals surface area contributed by atoms with Gasteiger partial charge in [0.15, 0.2) is 0 Å². The van der Waals surface area contributed by atoms with Crippen molar-refractivity contribution in [3.8, 4) is 0 Å². The maximum Gasteiger partial charge on any atom is 0.307 e. The number of hydrogen-bond donors (Lipinski definition) is 1. The standard InChI is InChI=1S/C19H20FNO4S/c1-25-10-11-15-13(20)3-2-4-14(15)26-16(11)17(22)21-7-5-19(6-8-21)9-12(19)18(23)24/h2-4,12H,5-10H2,1H3,(H,23,24). The average Bonchev–Trinajstić information content (AvgIpc) is 3.19. The van der Waals surface area contributed by atoms with E-state index in [9.17, 15) is 19.1 Å². The van der Waals surface area contributed by atoms with E-state index < -0.39 is 5.97 Å². The lowest BCUT2D eigenvalue weighted by atomic mass is 9.90. The van der Waals surface area contributed by atoms with E-state index in [1.54, 1.807) is 11.0 Å². The number of carbonyl (C=O) groups is 2. The Morgan fingerprint density at radius 3 is 2.73 bits per heavy atom. The highest BCUT2D eigenvalue weighted by Gasteiger charge is 2.59. The summed E-state index contributed by atoms with van der Waals surface area (Å²) in [5, 5.41) is 9.66. The number of carboxylic acid groups (broad SMARTS) is 1. The highest BCUT2D eigenvalue weighted by molar-refractivity contribution is 7.21. The predicted molar refractivity (Wildman–Crippen MR) is 95.8 cm³/mol. The first-order valence-electron chi connectivity index (χ1n) is 8.68. The zero-order valence-electron chi connectivity index (χ0n) is 14.5. The molecule has 7 heteroatoms. The number of amides is 1. The van der Waals surface area contributed by atoms with Crippen LogP contribution < -0.4 is 0 Å². The van der Waals surface area contributed by atoms with E-state index in [4.69, 9.17) is 4.74 Å². The van der Waals surface area contributed by atoms with Gasteiger partial charge in [-0.15, -0.1) is 11.3 Å². The van der Waals surface area contributed by atoms with E-state index in [2.05, 4.69) is 0 Å². The highest BCUT2D eigenvalue weighted by atomic mass is 32.1. The number of aliphatic carboxylic acids is 1. The molecule has 1 spiro atoms. The van der Waals surface area contributed by atoms with Crippen molar-refractivity contribution in [1.29, 1.82) is 0 Å². The van der Waals surface area contributed by atoms with Gasteiger partial charge >= 0.3 is 5.97 Å². The van der Waals surface area contributed by atoms with E-state index in [-0.39, 0.29) is 29.7 Å². The lowest BCUT2D eigenvalue weighted by Crippen LogP contribution is -2.40. The summed E-state index contributed by atoms with van der Waals surface area (Å²) in [6.07, 6.45) is 2.15. The summed E-state index contributed by atoms with van der Waals surface area (Å²) >= 11 is 1.30. The van der Waals surface area contributed by atoms with E-state index >= 15 is 0 Å². The number of carbonyl (C=O) groups excluding carboxylic acids is 1. The van der Waals surface area contributed by atoms with Gasteiger partial charge in [0, 0.05) is 35.8 Å². The van der Waals surface area contributed by atoms with Crippen LogP contribution in [-0.4, -0.2) is 42.1 Å². The minimum atomic E-state index is -0.730. The van der Waals surface area contributed by atoms with Crippen molar-refractivity contribution in [2.24, 2.45) is 11.3 Å². The van der Waals surface area contributed by atoms with Crippen molar-refractivity contribution in [2.45, 2.75) is 25.9 Å². The molecule has 2 fully saturated rings. The van der Waals surface area contributed by atoms with E-state index in [0.717, 1.165) is 4.70 Å². The molecule has 1 unspecified atom stereocenters. The number of piperidine rings is 1. The second kappa shape index (κ2) is 6.32. The molecule has 1 aromatic carbocycles. The van der Waals surface area contributed by atoms with Crippen molar-refractivity contribution >= 4 is 33.3 Å². The molecule has 5 nitrogen and oxygen atoms in total. The molecule has 1 aliphatic carbocycles. The first-order valence-corrected chi connectivity index (χ1v) is 9.49. The third-order valence-corrected chi connectivity index (χ3v) is 6.97. The van der Waals surface area contributed by atoms with Gasteiger partial charge in [-0.05, 0) is 36.8 Å². The molecule has 1 atom stereocenters. The summed E-state index contributed by atoms with van der Waals surface area (Å²) in [5.41, 5.74) is 0.482. The number of ether oxygens (including phenoxy) is 1. The Kier molecular flexibility index (Phi) is 4.23. The van der Waals surface area contributed by atoms with Gasteiger partial charge in [0.05, 0.1) is 17.4 Å². The van der Waals surface area contributed by atoms with Gasteiger partial charge in [0.2, 0.25) is 0 Å². The lowest BCUT2D eigenvalue weighted by molar-refractivity contribution is -0.139. The SMILES string of the molecule is COCc1c(C(=O)N2CCC3(CC2)CC3C(=O)O)sc2cccc(F)c12. The first kappa shape index (κ1) is 17.4. The summed E-state index contributed by atoms with van der Waals surface area (Å²) in [7, 11) is 1.53. The number of methoxy groups -OCH3 is 1. The maximum absolute atomic E-state index is 14.3. The summed E-state index contributed by atoms with van der Waals surface area (Å²) in [6, 6.07) is 4.85. The van der Waals surface area contributed by atoms with Crippen molar-refractivity contribution in [1.82, 2.24) is 4.90 Å². The second-order valence-corrected chi connectivity index (χ2v) is 8.26. The zero-order chi connectivity index (χ0) is 18.5. The van der Waals surface area contributed by atoms with Crippen molar-refractivity contribution in [3.05, 3.63) is 34.5 Å². The monoisotopic (exact) mass is 377 g/mol. The zero-order valence-corrected chi connectivity index (χ0v) is 15.3. The second-order valence-electron chi connectivity index (χ2n) is 7.21. The van der Waals surface area contributed by atoms with Gasteiger partial charge in [-0.1, -0.05) is 6.07 Å². The number of likely N-dealkylation sites (tertiary alicyclic amines) is 1. The molecule has 2 aliphatic rings. The molecule has 1 aliphatic heterocycles. The normalized spacial score (nSPS) is 21.3. The molecule has 0 bridgehead atoms. The quantitative estimate of drug-likeness (QED) is 0.885. The lowest BCUT2D eigenvalue weighted by Gasteiger charge is -2.32. The molecular formula is C19H20FNO4S. The number of nitrogens with zero attached hydrogens (tertiary/aromatic N) is 1. The van der Waals surface area contributed by atoms with Crippen LogP contribution in [0.4, 0.5) is 4.39 Å². The number of benzene rings is 1. The van der Waals surface area contributed by atoms with Gasteiger partial charge in [-0.3, -0.25) is 9.59 Å². The van der Waals surface area contributed by atoms with Crippen LogP contribution in [0.15, 0.2) is 18.2 Å². The summed E-state index contributed by atoms with van der Waals surface area (Å²) in [5.74, 6) is -1.45. The van der Waals surface area contributed by atoms with Crippen molar-refractivity contribution in [3.63, 3.8) is 0 Å². The molecule has 0 radical (unpaired) electrons. The number of thiophene rings is 1. The first-order chi connectivity index (χ1) is 12.5. The van der Waals surface area contributed by atoms with Crippen LogP contribution in [0.1, 0.15) is 34.5 Å². The van der Waals surface area contributed by atoms with Crippen LogP contribution in [0.2, 0.25) is 0 Å². The fraction of sp³-hybridized carbons (Fsp3) is 0.474. The van der Waals surface area contributed by atoms with Crippen LogP contribution in [0.25, 0.3) is 10.1 Å². The number of rotatable bonds is 4. The minimum absolute atomic E-state index is 0.111. The van der Waals surface area contributed by atoms with E-state index in [1.165, 1.54) is 24.5 Å². The Bertz CT molecular complexity index is 885. The molecular weight excluding hydrogens is 357 g/mol. The van der Waals surface area contributed by atoms with E-state index in [0.29, 0.717) is 48.2 Å². The Morgan fingerprint density at radius 1 is 1.38 bits per heavy atom. The number of fused-ring (bicyclic) bond motifs is 1. The smallest absolute Gasteiger partial charge is 0.307 e. The summed E-state index contributed by atoms with van der Waals surface area (Å²) in [4.78, 5) is 26.5. The Balaban J connectivity index is 1.58. The topological polar surface area (TPSA) is 66.8 Å². The molecule has 2 heterocycles. The molecule has 26 heavy (non-hydrogen) atoms. The number of carboxylic acids is 1. The molecule has 1 saturated heterocycles. The van der Waals surface area contributed by atoms with Crippen LogP contribution in [-0.2, 0) is 16.1 Å². The molecule has 1 N–H and O–H groups in total. The fourth-order valence-electron chi connectivity index (χ4n) is 4.17. The average molecular weight is 377 g/mol. The molecule has 1 amide bonds. The summed E-state index contributed by atoms with van der Waals surface area (Å²) < 4.78 is 20.2. The van der Waals surface area contributed by atoms with Gasteiger partial charge in [-0.25, -0.2) is 4.39 Å². The predicted octanol–water partition coefficient (Wildman–Crippen LogP) is 3.51. The number of halogens is 1. The third kappa shape index (κ3) is 2.70. The van der Waals surface area contributed by atoms with Gasteiger partial charge in [-0.2, -0.15) is 0 Å². The third-order valence-electron chi connectivity index (χ3n) is 5.78. The van der Waals surface area contributed by atoms with Crippen LogP contribution in [0.5, 0.6) is 0 Å². The summed E-state index contributed by atoms with van der Waals surface area (Å²) in [6.45, 7) is 1.28. The highest BCUT2D eigenvalue weighted by Crippen LogP contribution is 2.59. The molecule has 4 rings (SSSR count). The van der Waals surface area contributed by atoms with Crippen LogP contribution in [0.3, 0.4) is 0 Å².